The summed E-state index contributed by atoms with van der Waals surface area (Å²) in [5.74, 6) is -1.80. The molecule has 0 bridgehead atoms. The molecule has 1 atom stereocenters. The van der Waals surface area contributed by atoms with Crippen LogP contribution in [0.5, 0.6) is 11.6 Å². The van der Waals surface area contributed by atoms with Crippen molar-refractivity contribution in [2.75, 3.05) is 6.26 Å². The van der Waals surface area contributed by atoms with Crippen LogP contribution >= 0.6 is 0 Å². The number of nitrogens with one attached hydrogen (secondary N) is 1. The standard InChI is InChI=1S/C19H23BF2N2O4S/c1-18(2)19(3,4)28-20(27-18)14-8-12(11-29(5,23)25)10-24-17(14)26-16-7-6-13(21)9-15(16)22/h6-10,23H,11H2,1-5H3. The Morgan fingerprint density at radius 2 is 1.79 bits per heavy atom. The summed E-state index contributed by atoms with van der Waals surface area (Å²) in [6.45, 7) is 7.53. The monoisotopic (exact) mass is 424 g/mol. The minimum absolute atomic E-state index is 0.0162. The fraction of sp³-hybridized carbons (Fsp3) is 0.421. The number of benzene rings is 1. The van der Waals surface area contributed by atoms with Crippen LogP contribution in [0.2, 0.25) is 0 Å². The average molecular weight is 424 g/mol. The van der Waals surface area contributed by atoms with Crippen molar-refractivity contribution in [1.82, 2.24) is 4.98 Å². The second-order valence-corrected chi connectivity index (χ2v) is 10.5. The van der Waals surface area contributed by atoms with Gasteiger partial charge in [-0.1, -0.05) is 6.07 Å². The van der Waals surface area contributed by atoms with Gasteiger partial charge in [-0.15, -0.1) is 0 Å². The minimum atomic E-state index is -2.81. The van der Waals surface area contributed by atoms with Gasteiger partial charge < -0.3 is 14.0 Å². The van der Waals surface area contributed by atoms with E-state index in [2.05, 4.69) is 4.98 Å². The molecule has 1 fully saturated rings. The second-order valence-electron chi connectivity index (χ2n) is 8.15. The summed E-state index contributed by atoms with van der Waals surface area (Å²) in [5.41, 5.74) is -0.378. The first-order chi connectivity index (χ1) is 13.3. The summed E-state index contributed by atoms with van der Waals surface area (Å²) in [4.78, 5) is 4.21. The Morgan fingerprint density at radius 1 is 1.17 bits per heavy atom. The maximum Gasteiger partial charge on any atom is 0.500 e. The molecule has 1 aromatic heterocycles. The largest absolute Gasteiger partial charge is 0.500 e. The number of hydrogen-bond acceptors (Lipinski definition) is 6. The minimum Gasteiger partial charge on any atom is -0.436 e. The predicted molar refractivity (Wildman–Crippen MR) is 107 cm³/mol. The Bertz CT molecular complexity index is 1030. The molecule has 0 radical (unpaired) electrons. The molecule has 1 saturated heterocycles. The zero-order valence-corrected chi connectivity index (χ0v) is 17.7. The molecule has 1 N–H and O–H groups in total. The van der Waals surface area contributed by atoms with Gasteiger partial charge in [-0.3, -0.25) is 4.78 Å². The molecule has 1 aromatic carbocycles. The molecule has 0 aliphatic carbocycles. The third-order valence-electron chi connectivity index (χ3n) is 4.99. The molecule has 6 nitrogen and oxygen atoms in total. The maximum absolute atomic E-state index is 14.1. The van der Waals surface area contributed by atoms with E-state index in [0.29, 0.717) is 17.1 Å². The van der Waals surface area contributed by atoms with E-state index in [-0.39, 0.29) is 17.4 Å². The number of nitrogens with zero attached hydrogens (tertiary/aromatic N) is 1. The summed E-state index contributed by atoms with van der Waals surface area (Å²) < 4.78 is 64.6. The topological polar surface area (TPSA) is 81.5 Å². The lowest BCUT2D eigenvalue weighted by atomic mass is 9.79. The van der Waals surface area contributed by atoms with Crippen LogP contribution in [0.4, 0.5) is 8.78 Å². The van der Waals surface area contributed by atoms with E-state index in [1.54, 1.807) is 6.07 Å². The first kappa shape index (κ1) is 21.7. The maximum atomic E-state index is 14.1. The molecule has 156 valence electrons. The normalized spacial score (nSPS) is 19.8. The first-order valence-electron chi connectivity index (χ1n) is 8.96. The van der Waals surface area contributed by atoms with E-state index < -0.39 is 39.7 Å². The highest BCUT2D eigenvalue weighted by Gasteiger charge is 2.52. The zero-order chi connectivity index (χ0) is 21.6. The van der Waals surface area contributed by atoms with Crippen LogP contribution in [-0.4, -0.2) is 33.8 Å². The van der Waals surface area contributed by atoms with Gasteiger partial charge in [0.25, 0.3) is 0 Å². The lowest BCUT2D eigenvalue weighted by Gasteiger charge is -2.32. The predicted octanol–water partition coefficient (Wildman–Crippen LogP) is 3.63. The van der Waals surface area contributed by atoms with E-state index in [9.17, 15) is 13.0 Å². The summed E-state index contributed by atoms with van der Waals surface area (Å²) in [6, 6.07) is 4.58. The molecule has 0 saturated carbocycles. The van der Waals surface area contributed by atoms with Crippen LogP contribution in [0.1, 0.15) is 33.3 Å². The van der Waals surface area contributed by atoms with E-state index >= 15 is 0 Å². The zero-order valence-electron chi connectivity index (χ0n) is 16.9. The lowest BCUT2D eigenvalue weighted by molar-refractivity contribution is 0.00578. The SMILES string of the molecule is CC1(C)OB(c2cc(CS(C)(=N)=O)cnc2Oc2ccc(F)cc2F)OC1(C)C. The Hall–Kier alpha value is -2.04. The Labute approximate surface area is 169 Å². The average Bonchev–Trinajstić information content (AvgIpc) is 2.77. The molecule has 2 aromatic rings. The van der Waals surface area contributed by atoms with Gasteiger partial charge in [-0.05, 0) is 45.4 Å². The van der Waals surface area contributed by atoms with E-state index in [1.807, 2.05) is 27.7 Å². The highest BCUT2D eigenvalue weighted by Crippen LogP contribution is 2.37. The van der Waals surface area contributed by atoms with Crippen LogP contribution in [0.3, 0.4) is 0 Å². The van der Waals surface area contributed by atoms with Crippen LogP contribution < -0.4 is 10.2 Å². The molecule has 1 aliphatic heterocycles. The van der Waals surface area contributed by atoms with Crippen molar-refractivity contribution >= 4 is 22.3 Å². The van der Waals surface area contributed by atoms with Gasteiger partial charge in [0.2, 0.25) is 5.88 Å². The fourth-order valence-electron chi connectivity index (χ4n) is 2.80. The van der Waals surface area contributed by atoms with Crippen molar-refractivity contribution in [1.29, 1.82) is 4.78 Å². The van der Waals surface area contributed by atoms with Crippen molar-refractivity contribution in [2.45, 2.75) is 44.6 Å². The summed E-state index contributed by atoms with van der Waals surface area (Å²) in [5, 5.41) is 0. The van der Waals surface area contributed by atoms with Crippen molar-refractivity contribution < 1.29 is 27.0 Å². The molecule has 1 unspecified atom stereocenters. The molecular formula is C19H23BF2N2O4S. The first-order valence-corrected chi connectivity index (χ1v) is 11.1. The molecule has 2 heterocycles. The molecular weight excluding hydrogens is 401 g/mol. The Morgan fingerprint density at radius 3 is 2.34 bits per heavy atom. The van der Waals surface area contributed by atoms with Gasteiger partial charge in [0, 0.05) is 33.7 Å². The van der Waals surface area contributed by atoms with E-state index in [0.717, 1.165) is 12.1 Å². The molecule has 3 rings (SSSR count). The van der Waals surface area contributed by atoms with Gasteiger partial charge >= 0.3 is 7.12 Å². The van der Waals surface area contributed by atoms with Crippen molar-refractivity contribution in [3.8, 4) is 11.6 Å². The second kappa shape index (κ2) is 7.34. The number of pyridine rings is 1. The molecule has 1 aliphatic rings. The Kier molecular flexibility index (Phi) is 5.48. The summed E-state index contributed by atoms with van der Waals surface area (Å²) in [7, 11) is -3.68. The number of hydrogen-bond donors (Lipinski definition) is 1. The van der Waals surface area contributed by atoms with E-state index in [1.165, 1.54) is 12.5 Å². The van der Waals surface area contributed by atoms with Crippen LogP contribution in [-0.2, 0) is 24.8 Å². The molecule has 29 heavy (non-hydrogen) atoms. The summed E-state index contributed by atoms with van der Waals surface area (Å²) >= 11 is 0. The van der Waals surface area contributed by atoms with E-state index in [4.69, 9.17) is 18.8 Å². The summed E-state index contributed by atoms with van der Waals surface area (Å²) in [6.07, 6.45) is 2.74. The van der Waals surface area contributed by atoms with Crippen molar-refractivity contribution in [3.63, 3.8) is 0 Å². The van der Waals surface area contributed by atoms with Gasteiger partial charge in [0.15, 0.2) is 11.6 Å². The van der Waals surface area contributed by atoms with Gasteiger partial charge in [-0.2, -0.15) is 0 Å². The quantitative estimate of drug-likeness (QED) is 0.742. The van der Waals surface area contributed by atoms with Crippen LogP contribution in [0.15, 0.2) is 30.5 Å². The third-order valence-corrected chi connectivity index (χ3v) is 5.87. The number of rotatable bonds is 5. The fourth-order valence-corrected chi connectivity index (χ4v) is 3.59. The van der Waals surface area contributed by atoms with Crippen molar-refractivity contribution in [2.24, 2.45) is 0 Å². The van der Waals surface area contributed by atoms with Gasteiger partial charge in [0.1, 0.15) is 5.82 Å². The van der Waals surface area contributed by atoms with Gasteiger partial charge in [-0.25, -0.2) is 18.0 Å². The van der Waals surface area contributed by atoms with Crippen LogP contribution in [0.25, 0.3) is 0 Å². The molecule has 10 heteroatoms. The molecule has 0 amide bonds. The smallest absolute Gasteiger partial charge is 0.436 e. The highest BCUT2D eigenvalue weighted by atomic mass is 32.2. The number of aromatic nitrogens is 1. The number of ether oxygens (including phenoxy) is 1. The highest BCUT2D eigenvalue weighted by molar-refractivity contribution is 7.90. The molecule has 0 spiro atoms. The van der Waals surface area contributed by atoms with Crippen LogP contribution in [0, 0.1) is 16.4 Å². The lowest BCUT2D eigenvalue weighted by Crippen LogP contribution is -2.41. The van der Waals surface area contributed by atoms with Gasteiger partial charge in [0.05, 0.1) is 17.0 Å². The van der Waals surface area contributed by atoms with Crippen molar-refractivity contribution in [3.05, 3.63) is 47.7 Å². The third kappa shape index (κ3) is 4.76. The number of halogens is 2. The Balaban J connectivity index is 2.04.